The molecule has 0 radical (unpaired) electrons. The van der Waals surface area contributed by atoms with E-state index in [0.29, 0.717) is 6.10 Å². The highest BCUT2D eigenvalue weighted by molar-refractivity contribution is 8.76. The van der Waals surface area contributed by atoms with E-state index in [4.69, 9.17) is 4.74 Å². The second-order valence-corrected chi connectivity index (χ2v) is 8.64. The van der Waals surface area contributed by atoms with E-state index in [1.807, 2.05) is 21.6 Å². The molecule has 1 atom stereocenters. The Morgan fingerprint density at radius 3 is 2.74 bits per heavy atom. The molecule has 19 heavy (non-hydrogen) atoms. The van der Waals surface area contributed by atoms with E-state index in [9.17, 15) is 0 Å². The van der Waals surface area contributed by atoms with Crippen molar-refractivity contribution in [2.75, 3.05) is 37.7 Å². The molecule has 1 unspecified atom stereocenters. The molecule has 0 saturated carbocycles. The van der Waals surface area contributed by atoms with E-state index in [2.05, 4.69) is 44.7 Å². The molecule has 0 bridgehead atoms. The minimum absolute atomic E-state index is 0.255. The molecule has 0 spiro atoms. The topological polar surface area (TPSA) is 12.5 Å². The number of hydrogen-bond donors (Lipinski definition) is 0. The van der Waals surface area contributed by atoms with E-state index in [0.717, 1.165) is 31.9 Å². The van der Waals surface area contributed by atoms with Gasteiger partial charge in [0.05, 0.1) is 12.7 Å². The number of allylic oxidation sites excluding steroid dienone is 1. The fraction of sp³-hybridized carbons (Fsp3) is 0.867. The molecule has 0 amide bonds. The number of morpholine rings is 1. The Morgan fingerprint density at radius 1 is 1.26 bits per heavy atom. The van der Waals surface area contributed by atoms with Crippen LogP contribution in [0, 0.1) is 5.41 Å². The Morgan fingerprint density at radius 2 is 2.05 bits per heavy atom. The Kier molecular flexibility index (Phi) is 8.54. The van der Waals surface area contributed by atoms with Gasteiger partial charge in [0.2, 0.25) is 0 Å². The quantitative estimate of drug-likeness (QED) is 0.399. The fourth-order valence-electron chi connectivity index (χ4n) is 1.98. The summed E-state index contributed by atoms with van der Waals surface area (Å²) in [4.78, 5) is 2.55. The Hall–Kier alpha value is 0.360. The van der Waals surface area contributed by atoms with Crippen molar-refractivity contribution in [2.45, 2.75) is 40.2 Å². The van der Waals surface area contributed by atoms with Gasteiger partial charge in [0.25, 0.3) is 0 Å². The zero-order valence-corrected chi connectivity index (χ0v) is 14.5. The van der Waals surface area contributed by atoms with E-state index >= 15 is 0 Å². The summed E-state index contributed by atoms with van der Waals surface area (Å²) >= 11 is 0. The van der Waals surface area contributed by atoms with E-state index in [-0.39, 0.29) is 5.41 Å². The third-order valence-electron chi connectivity index (χ3n) is 3.26. The molecule has 4 heteroatoms. The number of rotatable bonds is 7. The van der Waals surface area contributed by atoms with Gasteiger partial charge in [-0.2, -0.15) is 0 Å². The molecule has 0 aliphatic carbocycles. The van der Waals surface area contributed by atoms with Crippen LogP contribution >= 0.6 is 21.6 Å². The molecule has 112 valence electrons. The molecular weight excluding hydrogens is 274 g/mol. The molecule has 2 nitrogen and oxygen atoms in total. The maximum atomic E-state index is 5.88. The summed E-state index contributed by atoms with van der Waals surface area (Å²) in [6.45, 7) is 13.2. The Bertz CT molecular complexity index is 263. The van der Waals surface area contributed by atoms with Crippen LogP contribution in [-0.2, 0) is 4.74 Å². The predicted octanol–water partition coefficient (Wildman–Crippen LogP) is 4.08. The minimum atomic E-state index is 0.255. The van der Waals surface area contributed by atoms with Crippen LogP contribution in [0.2, 0.25) is 0 Å². The highest BCUT2D eigenvalue weighted by Gasteiger charge is 2.30. The number of nitrogens with zero attached hydrogens (tertiary/aromatic N) is 1. The van der Waals surface area contributed by atoms with Crippen LogP contribution in [0.1, 0.15) is 34.1 Å². The van der Waals surface area contributed by atoms with Crippen molar-refractivity contribution in [3.8, 4) is 0 Å². The highest BCUT2D eigenvalue weighted by atomic mass is 33.1. The van der Waals surface area contributed by atoms with Crippen LogP contribution in [0.25, 0.3) is 0 Å². The third kappa shape index (κ3) is 7.64. The molecule has 0 aromatic carbocycles. The lowest BCUT2D eigenvalue weighted by Crippen LogP contribution is -2.48. The standard InChI is InChI=1S/C15H29NOS2/c1-5-6-7-11-18-19-12-9-16-8-10-17-14(13-16)15(2,3)4/h6-7,14H,5,8-13H2,1-4H3/b7-6-. The van der Waals surface area contributed by atoms with Crippen LogP contribution < -0.4 is 0 Å². The van der Waals surface area contributed by atoms with E-state index < -0.39 is 0 Å². The summed E-state index contributed by atoms with van der Waals surface area (Å²) in [5.74, 6) is 2.34. The third-order valence-corrected chi connectivity index (χ3v) is 5.51. The van der Waals surface area contributed by atoms with Gasteiger partial charge in [-0.05, 0) is 11.8 Å². The second kappa shape index (κ2) is 9.32. The summed E-state index contributed by atoms with van der Waals surface area (Å²) in [5.41, 5.74) is 0.255. The first-order valence-corrected chi connectivity index (χ1v) is 9.76. The van der Waals surface area contributed by atoms with Crippen LogP contribution in [0.4, 0.5) is 0 Å². The normalized spacial score (nSPS) is 22.2. The largest absolute Gasteiger partial charge is 0.375 e. The van der Waals surface area contributed by atoms with Gasteiger partial charge in [0, 0.05) is 31.1 Å². The lowest BCUT2D eigenvalue weighted by atomic mass is 9.88. The van der Waals surface area contributed by atoms with E-state index in [1.54, 1.807) is 0 Å². The molecule has 0 aromatic heterocycles. The molecular formula is C15H29NOS2. The van der Waals surface area contributed by atoms with Gasteiger partial charge in [-0.3, -0.25) is 4.90 Å². The first-order valence-electron chi connectivity index (χ1n) is 7.27. The fourth-order valence-corrected chi connectivity index (χ4v) is 3.84. The zero-order valence-electron chi connectivity index (χ0n) is 12.9. The van der Waals surface area contributed by atoms with Gasteiger partial charge in [-0.15, -0.1) is 0 Å². The first-order chi connectivity index (χ1) is 9.04. The van der Waals surface area contributed by atoms with Crippen molar-refractivity contribution in [1.29, 1.82) is 0 Å². The number of hydrogen-bond acceptors (Lipinski definition) is 4. The van der Waals surface area contributed by atoms with Crippen LogP contribution in [0.3, 0.4) is 0 Å². The minimum Gasteiger partial charge on any atom is -0.375 e. The average Bonchev–Trinajstić information content (AvgIpc) is 2.37. The zero-order chi connectivity index (χ0) is 14.1. The Labute approximate surface area is 127 Å². The van der Waals surface area contributed by atoms with Gasteiger partial charge in [-0.1, -0.05) is 61.4 Å². The van der Waals surface area contributed by atoms with Crippen molar-refractivity contribution < 1.29 is 4.74 Å². The van der Waals surface area contributed by atoms with E-state index in [1.165, 1.54) is 12.3 Å². The van der Waals surface area contributed by atoms with Crippen molar-refractivity contribution in [3.05, 3.63) is 12.2 Å². The summed E-state index contributed by atoms with van der Waals surface area (Å²) < 4.78 is 5.88. The maximum absolute atomic E-state index is 5.88. The molecule has 1 fully saturated rings. The first kappa shape index (κ1) is 17.4. The molecule has 1 aliphatic heterocycles. The highest BCUT2D eigenvalue weighted by Crippen LogP contribution is 2.26. The van der Waals surface area contributed by atoms with Crippen LogP contribution in [0.5, 0.6) is 0 Å². The summed E-state index contributed by atoms with van der Waals surface area (Å²) in [6.07, 6.45) is 6.03. The molecule has 0 N–H and O–H groups in total. The summed E-state index contributed by atoms with van der Waals surface area (Å²) in [7, 11) is 3.95. The van der Waals surface area contributed by atoms with Gasteiger partial charge in [0.1, 0.15) is 0 Å². The van der Waals surface area contributed by atoms with Crippen molar-refractivity contribution >= 4 is 21.6 Å². The van der Waals surface area contributed by atoms with Gasteiger partial charge >= 0.3 is 0 Å². The SMILES string of the molecule is CC/C=C\CSSCCN1CCOC(C(C)(C)C)C1. The Balaban J connectivity index is 2.11. The summed E-state index contributed by atoms with van der Waals surface area (Å²) in [6, 6.07) is 0. The smallest absolute Gasteiger partial charge is 0.0750 e. The van der Waals surface area contributed by atoms with Crippen molar-refractivity contribution in [1.82, 2.24) is 4.90 Å². The van der Waals surface area contributed by atoms with Crippen LogP contribution in [0.15, 0.2) is 12.2 Å². The molecule has 1 heterocycles. The van der Waals surface area contributed by atoms with Gasteiger partial charge in [-0.25, -0.2) is 0 Å². The van der Waals surface area contributed by atoms with Crippen molar-refractivity contribution in [2.24, 2.45) is 5.41 Å². The predicted molar refractivity (Wildman–Crippen MR) is 90.0 cm³/mol. The van der Waals surface area contributed by atoms with Gasteiger partial charge in [0.15, 0.2) is 0 Å². The lowest BCUT2D eigenvalue weighted by molar-refractivity contribution is -0.0778. The lowest BCUT2D eigenvalue weighted by Gasteiger charge is -2.39. The summed E-state index contributed by atoms with van der Waals surface area (Å²) in [5, 5.41) is 0. The molecule has 1 rings (SSSR count). The molecule has 1 saturated heterocycles. The van der Waals surface area contributed by atoms with Gasteiger partial charge < -0.3 is 4.74 Å². The second-order valence-electron chi connectivity index (χ2n) is 6.01. The number of ether oxygens (including phenoxy) is 1. The monoisotopic (exact) mass is 303 g/mol. The average molecular weight is 304 g/mol. The van der Waals surface area contributed by atoms with Crippen LogP contribution in [-0.4, -0.2) is 48.8 Å². The van der Waals surface area contributed by atoms with Crippen molar-refractivity contribution in [3.63, 3.8) is 0 Å². The molecule has 0 aromatic rings. The maximum Gasteiger partial charge on any atom is 0.0750 e. The molecule has 1 aliphatic rings.